The van der Waals surface area contributed by atoms with Crippen LogP contribution >= 0.6 is 11.6 Å². The van der Waals surface area contributed by atoms with E-state index >= 15 is 0 Å². The lowest BCUT2D eigenvalue weighted by Gasteiger charge is -2.33. The van der Waals surface area contributed by atoms with E-state index in [0.29, 0.717) is 35.0 Å². The molecule has 1 fully saturated rings. The molecule has 9 nitrogen and oxygen atoms in total. The van der Waals surface area contributed by atoms with Gasteiger partial charge in [0.2, 0.25) is 5.95 Å². The molecule has 2 aromatic heterocycles. The highest BCUT2D eigenvalue weighted by Crippen LogP contribution is 2.36. The van der Waals surface area contributed by atoms with Gasteiger partial charge < -0.3 is 19.5 Å². The van der Waals surface area contributed by atoms with E-state index < -0.39 is 0 Å². The van der Waals surface area contributed by atoms with Crippen molar-refractivity contribution in [2.24, 2.45) is 0 Å². The largest absolute Gasteiger partial charge is 0.493 e. The number of ether oxygens (including phenoxy) is 2. The third kappa shape index (κ3) is 4.57. The summed E-state index contributed by atoms with van der Waals surface area (Å²) in [5.74, 6) is 2.41. The van der Waals surface area contributed by atoms with Crippen molar-refractivity contribution in [1.82, 2.24) is 20.1 Å². The van der Waals surface area contributed by atoms with Crippen molar-refractivity contribution in [3.05, 3.63) is 53.2 Å². The molecule has 0 amide bonds. The molecule has 1 aliphatic heterocycles. The lowest BCUT2D eigenvalue weighted by Crippen LogP contribution is -2.47. The summed E-state index contributed by atoms with van der Waals surface area (Å²) in [6.45, 7) is 6.15. The summed E-state index contributed by atoms with van der Waals surface area (Å²) < 4.78 is 13.2. The van der Waals surface area contributed by atoms with Crippen LogP contribution in [0.5, 0.6) is 11.5 Å². The van der Waals surface area contributed by atoms with Crippen molar-refractivity contribution in [3.63, 3.8) is 0 Å². The molecule has 0 bridgehead atoms. The summed E-state index contributed by atoms with van der Waals surface area (Å²) in [4.78, 5) is 9.21. The number of pyridine rings is 1. The average molecular weight is 509 g/mol. The number of aromatic nitrogens is 4. The fourth-order valence-corrected chi connectivity index (χ4v) is 4.85. The second-order valence-corrected chi connectivity index (χ2v) is 9.17. The maximum absolute atomic E-state index is 9.21. The van der Waals surface area contributed by atoms with Crippen LogP contribution in [0.25, 0.3) is 28.0 Å². The van der Waals surface area contributed by atoms with Gasteiger partial charge in [0.05, 0.1) is 26.5 Å². The van der Waals surface area contributed by atoms with Crippen LogP contribution in [-0.4, -0.2) is 73.8 Å². The van der Waals surface area contributed by atoms with E-state index in [1.54, 1.807) is 14.2 Å². The maximum atomic E-state index is 9.21. The molecule has 36 heavy (non-hydrogen) atoms. The van der Waals surface area contributed by atoms with Crippen molar-refractivity contribution >= 4 is 28.3 Å². The topological polar surface area (TPSA) is 88.9 Å². The van der Waals surface area contributed by atoms with Crippen LogP contribution in [0.3, 0.4) is 0 Å². The molecule has 10 heteroatoms. The minimum atomic E-state index is 0.167. The number of nitrogens with zero attached hydrogens (tertiary/aromatic N) is 6. The smallest absolute Gasteiger partial charge is 0.257 e. The van der Waals surface area contributed by atoms with Gasteiger partial charge in [0, 0.05) is 48.8 Å². The molecule has 5 rings (SSSR count). The number of fused-ring (bicyclic) bond motifs is 1. The molecular formula is C26H29ClN6O3. The predicted octanol–water partition coefficient (Wildman–Crippen LogP) is 2.62. The van der Waals surface area contributed by atoms with Gasteiger partial charge in [-0.2, -0.15) is 4.98 Å². The van der Waals surface area contributed by atoms with Gasteiger partial charge in [-0.3, -0.25) is 9.47 Å². The Bertz CT molecular complexity index is 1370. The Balaban J connectivity index is 1.63. The Morgan fingerprint density at radius 2 is 1.69 bits per heavy atom. The number of benzene rings is 2. The van der Waals surface area contributed by atoms with Crippen LogP contribution in [0.15, 0.2) is 42.5 Å². The second kappa shape index (κ2) is 10.3. The number of methoxy groups -OCH3 is 2. The normalized spacial score (nSPS) is 14.4. The van der Waals surface area contributed by atoms with Crippen LogP contribution in [0.4, 0.5) is 5.95 Å². The van der Waals surface area contributed by atoms with E-state index in [2.05, 4.69) is 26.1 Å². The van der Waals surface area contributed by atoms with Crippen LogP contribution in [-0.2, 0) is 0 Å². The van der Waals surface area contributed by atoms with E-state index in [1.165, 1.54) is 0 Å². The fourth-order valence-electron chi connectivity index (χ4n) is 4.72. The molecule has 2 aromatic carbocycles. The van der Waals surface area contributed by atoms with Crippen molar-refractivity contribution in [3.8, 4) is 28.7 Å². The number of piperazine rings is 1. The van der Waals surface area contributed by atoms with Gasteiger partial charge in [-0.15, -0.1) is 10.2 Å². The SMILES string of the molecule is COc1cc2cc(C)[n+](-c3nnc(N4CCN(CCO)CC4)[n-]3)c(-c3ccc(Cl)cc3)c2cc1OC. The number of halogens is 1. The monoisotopic (exact) mass is 508 g/mol. The molecule has 0 radical (unpaired) electrons. The van der Waals surface area contributed by atoms with E-state index in [1.807, 2.05) is 47.9 Å². The lowest BCUT2D eigenvalue weighted by atomic mass is 10.0. The molecule has 4 aromatic rings. The first-order valence-corrected chi connectivity index (χ1v) is 12.2. The average Bonchev–Trinajstić information content (AvgIpc) is 3.38. The Kier molecular flexibility index (Phi) is 6.95. The lowest BCUT2D eigenvalue weighted by molar-refractivity contribution is -0.597. The Morgan fingerprint density at radius 1 is 1.00 bits per heavy atom. The number of hydrogen-bond acceptors (Lipinski definition) is 7. The molecule has 1 N–H and O–H groups in total. The number of rotatable bonds is 7. The number of aryl methyl sites for hydroxylation is 1. The third-order valence-corrected chi connectivity index (χ3v) is 6.82. The summed E-state index contributed by atoms with van der Waals surface area (Å²) in [5, 5.41) is 20.8. The van der Waals surface area contributed by atoms with Crippen LogP contribution in [0.2, 0.25) is 5.02 Å². The van der Waals surface area contributed by atoms with Gasteiger partial charge in [0.25, 0.3) is 5.95 Å². The molecule has 0 unspecified atom stereocenters. The highest BCUT2D eigenvalue weighted by molar-refractivity contribution is 6.30. The van der Waals surface area contributed by atoms with Crippen molar-refractivity contribution in [1.29, 1.82) is 0 Å². The van der Waals surface area contributed by atoms with Gasteiger partial charge in [0.15, 0.2) is 11.5 Å². The standard InChI is InChI=1S/C26H29ClN6O3/c1-17-14-19-15-22(35-2)23(36-3)16-21(19)24(18-4-6-20(27)7-5-18)33(17)26-28-25(29-30-26)32-10-8-31(9-11-32)12-13-34/h4-7,14-16,34H,8-13H2,1-3H3. The number of hydrogen-bond donors (Lipinski definition) is 1. The van der Waals surface area contributed by atoms with Gasteiger partial charge >= 0.3 is 0 Å². The summed E-state index contributed by atoms with van der Waals surface area (Å²) in [6, 6.07) is 13.8. The fraction of sp³-hybridized carbons (Fsp3) is 0.346. The Labute approximate surface area is 214 Å². The van der Waals surface area contributed by atoms with Gasteiger partial charge in [-0.25, -0.2) is 0 Å². The molecule has 0 spiro atoms. The van der Waals surface area contributed by atoms with Crippen LogP contribution in [0.1, 0.15) is 5.69 Å². The Hall–Kier alpha value is -3.40. The Morgan fingerprint density at radius 3 is 2.36 bits per heavy atom. The number of β-amino-alcohol motifs (C(OH)–C–C–N with tert-alkyl or cyclic N) is 1. The number of anilines is 1. The summed E-state index contributed by atoms with van der Waals surface area (Å²) >= 11 is 6.21. The van der Waals surface area contributed by atoms with Crippen LogP contribution < -0.4 is 23.9 Å². The van der Waals surface area contributed by atoms with Gasteiger partial charge in [-0.05, 0) is 48.2 Å². The van der Waals surface area contributed by atoms with E-state index in [0.717, 1.165) is 53.9 Å². The predicted molar refractivity (Wildman–Crippen MR) is 138 cm³/mol. The maximum Gasteiger partial charge on any atom is 0.257 e. The minimum Gasteiger partial charge on any atom is -0.493 e. The molecule has 0 saturated carbocycles. The molecule has 1 saturated heterocycles. The van der Waals surface area contributed by atoms with Crippen molar-refractivity contribution in [2.75, 3.05) is 58.5 Å². The first-order valence-electron chi connectivity index (χ1n) is 11.9. The summed E-state index contributed by atoms with van der Waals surface area (Å²) in [6.07, 6.45) is 0. The van der Waals surface area contributed by atoms with E-state index in [-0.39, 0.29) is 6.61 Å². The zero-order valence-electron chi connectivity index (χ0n) is 20.6. The quantitative estimate of drug-likeness (QED) is 0.381. The molecule has 188 valence electrons. The molecule has 1 aliphatic rings. The molecule has 3 heterocycles. The first-order chi connectivity index (χ1) is 17.5. The second-order valence-electron chi connectivity index (χ2n) is 8.74. The minimum absolute atomic E-state index is 0.167. The highest BCUT2D eigenvalue weighted by atomic mass is 35.5. The number of aliphatic hydroxyl groups is 1. The van der Waals surface area contributed by atoms with E-state index in [9.17, 15) is 5.11 Å². The zero-order valence-corrected chi connectivity index (χ0v) is 21.4. The van der Waals surface area contributed by atoms with Crippen molar-refractivity contribution < 1.29 is 19.1 Å². The van der Waals surface area contributed by atoms with Crippen molar-refractivity contribution in [2.45, 2.75) is 6.92 Å². The molecule has 0 aliphatic carbocycles. The van der Waals surface area contributed by atoms with E-state index in [4.69, 9.17) is 26.1 Å². The summed E-state index contributed by atoms with van der Waals surface area (Å²) in [5.41, 5.74) is 2.82. The first kappa shape index (κ1) is 24.3. The zero-order chi connectivity index (χ0) is 25.2. The van der Waals surface area contributed by atoms with Crippen LogP contribution in [0, 0.1) is 6.92 Å². The molecular weight excluding hydrogens is 480 g/mol. The summed E-state index contributed by atoms with van der Waals surface area (Å²) in [7, 11) is 3.26. The molecule has 0 atom stereocenters. The number of aliphatic hydroxyl groups excluding tert-OH is 1. The third-order valence-electron chi connectivity index (χ3n) is 6.57. The van der Waals surface area contributed by atoms with Gasteiger partial charge in [-0.1, -0.05) is 23.7 Å². The highest BCUT2D eigenvalue weighted by Gasteiger charge is 2.23. The van der Waals surface area contributed by atoms with Gasteiger partial charge in [0.1, 0.15) is 0 Å².